The van der Waals surface area contributed by atoms with Gasteiger partial charge in [-0.15, -0.1) is 0 Å². The zero-order valence-electron chi connectivity index (χ0n) is 11.5. The van der Waals surface area contributed by atoms with Gasteiger partial charge in [-0.3, -0.25) is 0 Å². The van der Waals surface area contributed by atoms with Gasteiger partial charge in [-0.05, 0) is 12.8 Å². The van der Waals surface area contributed by atoms with Gasteiger partial charge in [-0.1, -0.05) is 26.2 Å². The lowest BCUT2D eigenvalue weighted by atomic mass is 9.95. The van der Waals surface area contributed by atoms with Crippen molar-refractivity contribution in [2.75, 3.05) is 12.3 Å². The van der Waals surface area contributed by atoms with Gasteiger partial charge in [-0.25, -0.2) is 13.4 Å². The summed E-state index contributed by atoms with van der Waals surface area (Å²) in [5, 5.41) is 0.111. The van der Waals surface area contributed by atoms with Crippen molar-refractivity contribution in [3.05, 3.63) is 6.33 Å². The number of nitrogen functional groups attached to an aromatic ring is 1. The summed E-state index contributed by atoms with van der Waals surface area (Å²) >= 11 is 0. The molecule has 1 aliphatic carbocycles. The normalized spacial score (nSPS) is 18.1. The minimum absolute atomic E-state index is 0.0803. The molecule has 6 nitrogen and oxygen atoms in total. The molecule has 0 radical (unpaired) electrons. The lowest BCUT2D eigenvalue weighted by Gasteiger charge is -2.32. The number of hydrogen-bond acceptors (Lipinski definition) is 4. The van der Waals surface area contributed by atoms with Gasteiger partial charge in [0.2, 0.25) is 0 Å². The molecule has 0 unspecified atom stereocenters. The third-order valence-corrected chi connectivity index (χ3v) is 5.92. The van der Waals surface area contributed by atoms with Crippen LogP contribution >= 0.6 is 0 Å². The third-order valence-electron chi connectivity index (χ3n) is 3.76. The Labute approximate surface area is 114 Å². The number of nitrogens with two attached hydrogens (primary N) is 1. The molecule has 19 heavy (non-hydrogen) atoms. The fourth-order valence-corrected chi connectivity index (χ4v) is 4.75. The molecule has 7 heteroatoms. The van der Waals surface area contributed by atoms with Crippen molar-refractivity contribution in [3.8, 4) is 0 Å². The van der Waals surface area contributed by atoms with E-state index in [1.54, 1.807) is 11.4 Å². The quantitative estimate of drug-likeness (QED) is 0.905. The van der Waals surface area contributed by atoms with E-state index in [0.717, 1.165) is 25.7 Å². The van der Waals surface area contributed by atoms with E-state index in [4.69, 9.17) is 5.73 Å². The zero-order chi connectivity index (χ0) is 14.0. The van der Waals surface area contributed by atoms with Crippen LogP contribution in [0.25, 0.3) is 0 Å². The van der Waals surface area contributed by atoms with Crippen LogP contribution in [0.15, 0.2) is 11.4 Å². The Balaban J connectivity index is 2.36. The molecule has 1 aromatic heterocycles. The molecule has 0 aromatic carbocycles. The number of anilines is 1. The molecule has 1 fully saturated rings. The largest absolute Gasteiger partial charge is 0.381 e. The maximum absolute atomic E-state index is 12.8. The molecule has 0 atom stereocenters. The standard InChI is InChI=1S/C12H22N4O2S/c1-3-16(10-7-5-4-6-8-10)19(17,18)12-11(13)14-9-15(12)2/h9-10H,3-8,13H2,1-2H3. The summed E-state index contributed by atoms with van der Waals surface area (Å²) < 4.78 is 28.6. The second-order valence-electron chi connectivity index (χ2n) is 5.05. The number of rotatable bonds is 4. The maximum Gasteiger partial charge on any atom is 0.262 e. The number of nitrogens with zero attached hydrogens (tertiary/aromatic N) is 3. The Hall–Kier alpha value is -1.08. The molecule has 0 saturated heterocycles. The Bertz CT molecular complexity index is 512. The van der Waals surface area contributed by atoms with Gasteiger partial charge in [0, 0.05) is 19.6 Å². The van der Waals surface area contributed by atoms with Gasteiger partial charge in [0.15, 0.2) is 10.8 Å². The van der Waals surface area contributed by atoms with E-state index in [-0.39, 0.29) is 16.9 Å². The van der Waals surface area contributed by atoms with Crippen LogP contribution in [0.5, 0.6) is 0 Å². The van der Waals surface area contributed by atoms with Crippen molar-refractivity contribution >= 4 is 15.8 Å². The molecule has 0 spiro atoms. The number of imidazole rings is 1. The molecule has 0 amide bonds. The minimum Gasteiger partial charge on any atom is -0.381 e. The van der Waals surface area contributed by atoms with E-state index >= 15 is 0 Å². The van der Waals surface area contributed by atoms with Crippen LogP contribution in [-0.2, 0) is 17.1 Å². The first kappa shape index (κ1) is 14.3. The SMILES string of the molecule is CCN(C1CCCCC1)S(=O)(=O)c1c(N)ncn1C. The summed E-state index contributed by atoms with van der Waals surface area (Å²) in [5.41, 5.74) is 5.71. The summed E-state index contributed by atoms with van der Waals surface area (Å²) in [4.78, 5) is 3.88. The molecule has 2 rings (SSSR count). The van der Waals surface area contributed by atoms with Crippen molar-refractivity contribution in [1.82, 2.24) is 13.9 Å². The Morgan fingerprint density at radius 3 is 2.53 bits per heavy atom. The van der Waals surface area contributed by atoms with Crippen LogP contribution in [0.2, 0.25) is 0 Å². The monoisotopic (exact) mass is 286 g/mol. The molecule has 0 aliphatic heterocycles. The van der Waals surface area contributed by atoms with Crippen molar-refractivity contribution in [1.29, 1.82) is 0 Å². The lowest BCUT2D eigenvalue weighted by Crippen LogP contribution is -2.42. The van der Waals surface area contributed by atoms with Crippen LogP contribution in [-0.4, -0.2) is 34.9 Å². The predicted molar refractivity (Wildman–Crippen MR) is 74.1 cm³/mol. The van der Waals surface area contributed by atoms with Crippen LogP contribution in [0.4, 0.5) is 5.82 Å². The smallest absolute Gasteiger partial charge is 0.262 e. The Kier molecular flexibility index (Phi) is 4.15. The van der Waals surface area contributed by atoms with Crippen LogP contribution in [0.1, 0.15) is 39.0 Å². The summed E-state index contributed by atoms with van der Waals surface area (Å²) in [6, 6.07) is 0.0954. The third kappa shape index (κ3) is 2.62. The van der Waals surface area contributed by atoms with E-state index in [0.29, 0.717) is 6.54 Å². The fourth-order valence-electron chi connectivity index (χ4n) is 2.86. The second kappa shape index (κ2) is 5.50. The highest BCUT2D eigenvalue weighted by molar-refractivity contribution is 7.89. The van der Waals surface area contributed by atoms with Crippen molar-refractivity contribution in [3.63, 3.8) is 0 Å². The van der Waals surface area contributed by atoms with Gasteiger partial charge in [-0.2, -0.15) is 4.31 Å². The number of sulfonamides is 1. The molecular weight excluding hydrogens is 264 g/mol. The van der Waals surface area contributed by atoms with Gasteiger partial charge in [0.1, 0.15) is 0 Å². The first-order valence-electron chi connectivity index (χ1n) is 6.77. The van der Waals surface area contributed by atoms with E-state index in [1.807, 2.05) is 6.92 Å². The first-order chi connectivity index (χ1) is 8.98. The molecule has 1 saturated carbocycles. The summed E-state index contributed by atoms with van der Waals surface area (Å²) in [6.45, 7) is 2.34. The van der Waals surface area contributed by atoms with Gasteiger partial charge >= 0.3 is 0 Å². The second-order valence-corrected chi connectivity index (χ2v) is 6.85. The first-order valence-corrected chi connectivity index (χ1v) is 8.21. The Morgan fingerprint density at radius 1 is 1.42 bits per heavy atom. The number of aromatic nitrogens is 2. The van der Waals surface area contributed by atoms with Crippen LogP contribution in [0.3, 0.4) is 0 Å². The maximum atomic E-state index is 12.8. The zero-order valence-corrected chi connectivity index (χ0v) is 12.4. The molecule has 1 heterocycles. The average Bonchev–Trinajstić information content (AvgIpc) is 2.71. The van der Waals surface area contributed by atoms with E-state index < -0.39 is 10.0 Å². The molecule has 1 aliphatic rings. The summed E-state index contributed by atoms with van der Waals surface area (Å²) in [7, 11) is -1.90. The van der Waals surface area contributed by atoms with Gasteiger partial charge in [0.25, 0.3) is 10.0 Å². The molecule has 2 N–H and O–H groups in total. The van der Waals surface area contributed by atoms with Crippen molar-refractivity contribution in [2.45, 2.75) is 50.1 Å². The van der Waals surface area contributed by atoms with E-state index in [1.165, 1.54) is 17.3 Å². The van der Waals surface area contributed by atoms with Crippen LogP contribution < -0.4 is 5.73 Å². The molecular formula is C12H22N4O2S. The number of hydrogen-bond donors (Lipinski definition) is 1. The average molecular weight is 286 g/mol. The predicted octanol–water partition coefficient (Wildman–Crippen LogP) is 1.35. The summed E-state index contributed by atoms with van der Waals surface area (Å²) in [5.74, 6) is 0.0803. The van der Waals surface area contributed by atoms with Crippen LogP contribution in [0, 0.1) is 0 Å². The Morgan fingerprint density at radius 2 is 2.05 bits per heavy atom. The summed E-state index contributed by atoms with van der Waals surface area (Å²) in [6.07, 6.45) is 6.70. The van der Waals surface area contributed by atoms with Gasteiger partial charge < -0.3 is 10.3 Å². The topological polar surface area (TPSA) is 81.2 Å². The van der Waals surface area contributed by atoms with Gasteiger partial charge in [0.05, 0.1) is 6.33 Å². The highest BCUT2D eigenvalue weighted by atomic mass is 32.2. The van der Waals surface area contributed by atoms with E-state index in [9.17, 15) is 8.42 Å². The number of aryl methyl sites for hydroxylation is 1. The van der Waals surface area contributed by atoms with E-state index in [2.05, 4.69) is 4.98 Å². The van der Waals surface area contributed by atoms with Crippen molar-refractivity contribution in [2.24, 2.45) is 7.05 Å². The highest BCUT2D eigenvalue weighted by Crippen LogP contribution is 2.29. The molecule has 108 valence electrons. The highest BCUT2D eigenvalue weighted by Gasteiger charge is 2.34. The fraction of sp³-hybridized carbons (Fsp3) is 0.750. The lowest BCUT2D eigenvalue weighted by molar-refractivity contribution is 0.260. The molecule has 1 aromatic rings. The minimum atomic E-state index is -3.56. The molecule has 0 bridgehead atoms. The van der Waals surface area contributed by atoms with Crippen molar-refractivity contribution < 1.29 is 8.42 Å².